The normalized spacial score (nSPS) is 15.2. The molecule has 0 aliphatic carbocycles. The lowest BCUT2D eigenvalue weighted by molar-refractivity contribution is 0.165. The van der Waals surface area contributed by atoms with Gasteiger partial charge in [-0.3, -0.25) is 0 Å². The fraction of sp³-hybridized carbons (Fsp3) is 1.00. The van der Waals surface area contributed by atoms with E-state index in [1.165, 1.54) is 51.4 Å². The Morgan fingerprint density at radius 2 is 1.53 bits per heavy atom. The molecule has 0 aromatic carbocycles. The number of aliphatic hydroxyl groups excluding tert-OH is 1. The van der Waals surface area contributed by atoms with E-state index in [-0.39, 0.29) is 0 Å². The number of hydrogen-bond donors (Lipinski definition) is 1. The molecular formula is C14H30O. The van der Waals surface area contributed by atoms with Crippen molar-refractivity contribution in [2.45, 2.75) is 72.1 Å². The maximum atomic E-state index is 9.33. The summed E-state index contributed by atoms with van der Waals surface area (Å²) >= 11 is 0. The summed E-state index contributed by atoms with van der Waals surface area (Å²) in [5.74, 6) is 1.25. The second kappa shape index (κ2) is 10.5. The molecule has 1 nitrogen and oxygen atoms in total. The number of hydrogen-bond acceptors (Lipinski definition) is 1. The quantitative estimate of drug-likeness (QED) is 0.535. The third-order valence-corrected chi connectivity index (χ3v) is 3.46. The van der Waals surface area contributed by atoms with Gasteiger partial charge in [-0.25, -0.2) is 0 Å². The molecule has 1 heteroatoms. The van der Waals surface area contributed by atoms with Crippen LogP contribution in [-0.2, 0) is 0 Å². The van der Waals surface area contributed by atoms with Crippen molar-refractivity contribution in [1.82, 2.24) is 0 Å². The van der Waals surface area contributed by atoms with E-state index in [4.69, 9.17) is 0 Å². The minimum atomic E-state index is 0.384. The predicted octanol–water partition coefficient (Wildman–Crippen LogP) is 4.39. The molecule has 15 heavy (non-hydrogen) atoms. The lowest BCUT2D eigenvalue weighted by atomic mass is 9.86. The molecule has 0 radical (unpaired) electrons. The summed E-state index contributed by atoms with van der Waals surface area (Å²) in [6, 6.07) is 0. The van der Waals surface area contributed by atoms with Crippen LogP contribution in [0.4, 0.5) is 0 Å². The zero-order valence-electron chi connectivity index (χ0n) is 11.0. The fourth-order valence-electron chi connectivity index (χ4n) is 2.26. The van der Waals surface area contributed by atoms with Crippen molar-refractivity contribution in [3.05, 3.63) is 0 Å². The Morgan fingerprint density at radius 1 is 0.867 bits per heavy atom. The van der Waals surface area contributed by atoms with E-state index in [0.29, 0.717) is 18.4 Å². The summed E-state index contributed by atoms with van der Waals surface area (Å²) < 4.78 is 0. The summed E-state index contributed by atoms with van der Waals surface area (Å²) in [5, 5.41) is 9.33. The van der Waals surface area contributed by atoms with Crippen LogP contribution in [0.25, 0.3) is 0 Å². The highest BCUT2D eigenvalue weighted by Gasteiger charge is 2.14. The van der Waals surface area contributed by atoms with Crippen molar-refractivity contribution < 1.29 is 5.11 Å². The van der Waals surface area contributed by atoms with Crippen LogP contribution < -0.4 is 0 Å². The van der Waals surface area contributed by atoms with Gasteiger partial charge in [0, 0.05) is 6.61 Å². The molecule has 0 aromatic rings. The van der Waals surface area contributed by atoms with Crippen LogP contribution in [0.5, 0.6) is 0 Å². The minimum Gasteiger partial charge on any atom is -0.396 e. The zero-order chi connectivity index (χ0) is 11.5. The van der Waals surface area contributed by atoms with Gasteiger partial charge in [0.25, 0.3) is 0 Å². The molecule has 1 N–H and O–H groups in total. The monoisotopic (exact) mass is 214 g/mol. The maximum absolute atomic E-state index is 9.33. The summed E-state index contributed by atoms with van der Waals surface area (Å²) in [5.41, 5.74) is 0. The third-order valence-electron chi connectivity index (χ3n) is 3.46. The van der Waals surface area contributed by atoms with E-state index in [0.717, 1.165) is 0 Å². The highest BCUT2D eigenvalue weighted by Crippen LogP contribution is 2.22. The molecule has 0 saturated carbocycles. The van der Waals surface area contributed by atoms with Crippen LogP contribution in [0.2, 0.25) is 0 Å². The molecule has 0 saturated heterocycles. The Morgan fingerprint density at radius 3 is 2.07 bits per heavy atom. The summed E-state index contributed by atoms with van der Waals surface area (Å²) in [4.78, 5) is 0. The Labute approximate surface area is 96.3 Å². The van der Waals surface area contributed by atoms with Gasteiger partial charge in [0.05, 0.1) is 0 Å². The van der Waals surface area contributed by atoms with Gasteiger partial charge in [-0.2, -0.15) is 0 Å². The topological polar surface area (TPSA) is 20.2 Å². The second-order valence-corrected chi connectivity index (χ2v) is 4.91. The van der Waals surface area contributed by atoms with Gasteiger partial charge in [0.2, 0.25) is 0 Å². The first-order valence-corrected chi connectivity index (χ1v) is 6.87. The van der Waals surface area contributed by atoms with E-state index < -0.39 is 0 Å². The van der Waals surface area contributed by atoms with E-state index in [2.05, 4.69) is 20.8 Å². The van der Waals surface area contributed by atoms with Gasteiger partial charge in [-0.1, -0.05) is 65.7 Å². The third kappa shape index (κ3) is 7.84. The van der Waals surface area contributed by atoms with Gasteiger partial charge in [0.15, 0.2) is 0 Å². The van der Waals surface area contributed by atoms with Crippen molar-refractivity contribution >= 4 is 0 Å². The lowest BCUT2D eigenvalue weighted by Gasteiger charge is -2.21. The molecule has 0 aliphatic rings. The first-order valence-electron chi connectivity index (χ1n) is 6.87. The van der Waals surface area contributed by atoms with Crippen LogP contribution >= 0.6 is 0 Å². The Bertz CT molecular complexity index is 123. The largest absolute Gasteiger partial charge is 0.396 e. The molecule has 0 aromatic heterocycles. The smallest absolute Gasteiger partial charge is 0.0461 e. The highest BCUT2D eigenvalue weighted by atomic mass is 16.3. The SMILES string of the molecule is CCCCCCCC(CO)C(C)CCC. The molecule has 0 bridgehead atoms. The van der Waals surface area contributed by atoms with Gasteiger partial charge in [-0.05, 0) is 18.3 Å². The summed E-state index contributed by atoms with van der Waals surface area (Å²) in [7, 11) is 0. The first-order chi connectivity index (χ1) is 7.26. The fourth-order valence-corrected chi connectivity index (χ4v) is 2.26. The second-order valence-electron chi connectivity index (χ2n) is 4.91. The highest BCUT2D eigenvalue weighted by molar-refractivity contribution is 4.65. The van der Waals surface area contributed by atoms with E-state index in [1.807, 2.05) is 0 Å². The molecule has 0 rings (SSSR count). The van der Waals surface area contributed by atoms with Crippen LogP contribution in [0.3, 0.4) is 0 Å². The van der Waals surface area contributed by atoms with Crippen molar-refractivity contribution in [3.63, 3.8) is 0 Å². The summed E-state index contributed by atoms with van der Waals surface area (Å²) in [6.45, 7) is 7.15. The van der Waals surface area contributed by atoms with E-state index in [9.17, 15) is 5.11 Å². The average Bonchev–Trinajstić information content (AvgIpc) is 2.23. The molecule has 2 atom stereocenters. The summed E-state index contributed by atoms with van der Waals surface area (Å²) in [6.07, 6.45) is 10.4. The van der Waals surface area contributed by atoms with Crippen molar-refractivity contribution in [2.75, 3.05) is 6.61 Å². The lowest BCUT2D eigenvalue weighted by Crippen LogP contribution is -2.15. The van der Waals surface area contributed by atoms with Gasteiger partial charge < -0.3 is 5.11 Å². The molecule has 92 valence electrons. The van der Waals surface area contributed by atoms with E-state index in [1.54, 1.807) is 0 Å². The molecule has 2 unspecified atom stereocenters. The first kappa shape index (κ1) is 15.0. The van der Waals surface area contributed by atoms with Crippen LogP contribution in [0.15, 0.2) is 0 Å². The van der Waals surface area contributed by atoms with E-state index >= 15 is 0 Å². The molecule has 0 heterocycles. The minimum absolute atomic E-state index is 0.384. The molecule has 0 fully saturated rings. The predicted molar refractivity (Wildman–Crippen MR) is 68.0 cm³/mol. The van der Waals surface area contributed by atoms with Crippen LogP contribution in [0, 0.1) is 11.8 Å². The van der Waals surface area contributed by atoms with Crippen molar-refractivity contribution in [1.29, 1.82) is 0 Å². The van der Waals surface area contributed by atoms with Gasteiger partial charge in [-0.15, -0.1) is 0 Å². The van der Waals surface area contributed by atoms with Gasteiger partial charge in [0.1, 0.15) is 0 Å². The molecule has 0 amide bonds. The Kier molecular flexibility index (Phi) is 10.4. The van der Waals surface area contributed by atoms with Crippen LogP contribution in [0.1, 0.15) is 72.1 Å². The van der Waals surface area contributed by atoms with Crippen LogP contribution in [-0.4, -0.2) is 11.7 Å². The molecule has 0 aliphatic heterocycles. The number of aliphatic hydroxyl groups is 1. The average molecular weight is 214 g/mol. The number of rotatable bonds is 10. The maximum Gasteiger partial charge on any atom is 0.0461 e. The number of unbranched alkanes of at least 4 members (excludes halogenated alkanes) is 4. The van der Waals surface area contributed by atoms with Crippen molar-refractivity contribution in [2.24, 2.45) is 11.8 Å². The Balaban J connectivity index is 3.51. The van der Waals surface area contributed by atoms with Crippen molar-refractivity contribution in [3.8, 4) is 0 Å². The Hall–Kier alpha value is -0.0400. The zero-order valence-corrected chi connectivity index (χ0v) is 11.0. The standard InChI is InChI=1S/C14H30O/c1-4-6-7-8-9-11-14(12-15)13(3)10-5-2/h13-15H,4-12H2,1-3H3. The molecular weight excluding hydrogens is 184 g/mol. The molecule has 0 spiro atoms. The van der Waals surface area contributed by atoms with Gasteiger partial charge >= 0.3 is 0 Å².